The summed E-state index contributed by atoms with van der Waals surface area (Å²) in [5.41, 5.74) is 7.85. The van der Waals surface area contributed by atoms with E-state index in [0.29, 0.717) is 50.7 Å². The molecule has 1 aliphatic carbocycles. The molecule has 4 rings (SSSR count). The molecule has 2 heterocycles. The molecule has 9 nitrogen and oxygen atoms in total. The molecule has 0 saturated carbocycles. The van der Waals surface area contributed by atoms with Crippen LogP contribution in [0.4, 0.5) is 5.82 Å². The first kappa shape index (κ1) is 24.4. The molecule has 1 saturated heterocycles. The van der Waals surface area contributed by atoms with Crippen molar-refractivity contribution in [2.75, 3.05) is 44.2 Å². The van der Waals surface area contributed by atoms with Crippen molar-refractivity contribution in [2.24, 2.45) is 5.73 Å². The highest BCUT2D eigenvalue weighted by atomic mass is 35.5. The highest BCUT2D eigenvalue weighted by Crippen LogP contribution is 2.42. The molecule has 182 valence electrons. The van der Waals surface area contributed by atoms with E-state index in [-0.39, 0.29) is 24.2 Å². The first-order valence-corrected chi connectivity index (χ1v) is 12.0. The van der Waals surface area contributed by atoms with Crippen molar-refractivity contribution < 1.29 is 14.7 Å². The van der Waals surface area contributed by atoms with Crippen LogP contribution in [0.2, 0.25) is 5.02 Å². The van der Waals surface area contributed by atoms with Crippen molar-refractivity contribution in [3.8, 4) is 0 Å². The largest absolute Gasteiger partial charge is 0.387 e. The Bertz CT molecular complexity index is 1030. The molecule has 34 heavy (non-hydrogen) atoms. The van der Waals surface area contributed by atoms with Gasteiger partial charge in [0.1, 0.15) is 12.1 Å². The average Bonchev–Trinajstić information content (AvgIpc) is 3.13. The number of nitrogens with zero attached hydrogens (tertiary/aromatic N) is 4. The SMILES string of the molecule is C[C@@H]1C[C@H](O)c2ncnc(N3CCN(C(=O)[C@@H](CNCCC(N)=O)c4ccc(Cl)cc4)CC3)c21. The van der Waals surface area contributed by atoms with Crippen molar-refractivity contribution in [3.05, 3.63) is 52.4 Å². The van der Waals surface area contributed by atoms with Gasteiger partial charge in [0.15, 0.2) is 0 Å². The number of hydrogen-bond donors (Lipinski definition) is 3. The molecule has 1 aromatic heterocycles. The van der Waals surface area contributed by atoms with Gasteiger partial charge in [-0.05, 0) is 30.0 Å². The maximum absolute atomic E-state index is 13.5. The Balaban J connectivity index is 1.44. The van der Waals surface area contributed by atoms with Gasteiger partial charge in [-0.3, -0.25) is 9.59 Å². The number of fused-ring (bicyclic) bond motifs is 1. The third-order valence-corrected chi connectivity index (χ3v) is 6.89. The van der Waals surface area contributed by atoms with Gasteiger partial charge in [-0.1, -0.05) is 30.7 Å². The number of rotatable bonds is 8. The van der Waals surface area contributed by atoms with Crippen LogP contribution in [-0.2, 0) is 9.59 Å². The van der Waals surface area contributed by atoms with E-state index in [1.807, 2.05) is 17.0 Å². The van der Waals surface area contributed by atoms with Crippen LogP contribution in [0.1, 0.15) is 54.5 Å². The Kier molecular flexibility index (Phi) is 7.65. The number of piperazine rings is 1. The molecule has 0 radical (unpaired) electrons. The van der Waals surface area contributed by atoms with Crippen molar-refractivity contribution in [2.45, 2.75) is 37.7 Å². The molecular weight excluding hydrogens is 456 g/mol. The monoisotopic (exact) mass is 486 g/mol. The first-order valence-electron chi connectivity index (χ1n) is 11.7. The van der Waals surface area contributed by atoms with Crippen LogP contribution in [-0.4, -0.2) is 71.1 Å². The number of carbonyl (C=O) groups excluding carboxylic acids is 2. The van der Waals surface area contributed by atoms with E-state index in [9.17, 15) is 14.7 Å². The molecule has 2 aromatic rings. The highest BCUT2D eigenvalue weighted by Gasteiger charge is 2.35. The Hall–Kier alpha value is -2.75. The van der Waals surface area contributed by atoms with E-state index in [1.54, 1.807) is 12.1 Å². The Labute approximate surface area is 204 Å². The lowest BCUT2D eigenvalue weighted by Gasteiger charge is -2.38. The van der Waals surface area contributed by atoms with E-state index in [0.717, 1.165) is 22.6 Å². The summed E-state index contributed by atoms with van der Waals surface area (Å²) in [5, 5.41) is 14.1. The molecule has 1 fully saturated rings. The number of anilines is 1. The number of benzene rings is 1. The lowest BCUT2D eigenvalue weighted by molar-refractivity contribution is -0.133. The smallest absolute Gasteiger partial charge is 0.231 e. The molecule has 1 aromatic carbocycles. The van der Waals surface area contributed by atoms with Gasteiger partial charge >= 0.3 is 0 Å². The standard InChI is InChI=1S/C24H31ClN6O3/c1-15-12-19(32)22-21(15)23(29-14-28-22)30-8-10-31(11-9-30)24(34)18(13-27-7-6-20(26)33)16-2-4-17(25)5-3-16/h2-5,14-15,18-19,27,32H,6-13H2,1H3,(H2,26,33)/t15-,18+,19+/m1/s1. The Morgan fingerprint density at radius 1 is 1.21 bits per heavy atom. The second-order valence-electron chi connectivity index (χ2n) is 8.99. The predicted molar refractivity (Wildman–Crippen MR) is 130 cm³/mol. The topological polar surface area (TPSA) is 125 Å². The van der Waals surface area contributed by atoms with E-state index in [2.05, 4.69) is 27.1 Å². The van der Waals surface area contributed by atoms with Gasteiger partial charge in [-0.25, -0.2) is 9.97 Å². The van der Waals surface area contributed by atoms with Crippen molar-refractivity contribution in [1.82, 2.24) is 20.2 Å². The molecule has 1 aliphatic heterocycles. The number of amides is 2. The van der Waals surface area contributed by atoms with E-state index < -0.39 is 12.0 Å². The molecule has 0 unspecified atom stereocenters. The van der Waals surface area contributed by atoms with E-state index in [1.165, 1.54) is 6.33 Å². The number of hydrogen-bond acceptors (Lipinski definition) is 7. The lowest BCUT2D eigenvalue weighted by atomic mass is 9.97. The molecule has 10 heteroatoms. The average molecular weight is 487 g/mol. The summed E-state index contributed by atoms with van der Waals surface area (Å²) in [7, 11) is 0. The van der Waals surface area contributed by atoms with Crippen LogP contribution >= 0.6 is 11.6 Å². The van der Waals surface area contributed by atoms with Crippen LogP contribution in [0.15, 0.2) is 30.6 Å². The second-order valence-corrected chi connectivity index (χ2v) is 9.42. The normalized spacial score (nSPS) is 20.8. The summed E-state index contributed by atoms with van der Waals surface area (Å²) >= 11 is 6.05. The number of aromatic nitrogens is 2. The minimum Gasteiger partial charge on any atom is -0.387 e. The third-order valence-electron chi connectivity index (χ3n) is 6.64. The van der Waals surface area contributed by atoms with Gasteiger partial charge in [0.25, 0.3) is 0 Å². The minimum absolute atomic E-state index is 0.0326. The van der Waals surface area contributed by atoms with E-state index in [4.69, 9.17) is 17.3 Å². The molecule has 3 atom stereocenters. The van der Waals surface area contributed by atoms with Gasteiger partial charge < -0.3 is 26.0 Å². The van der Waals surface area contributed by atoms with E-state index >= 15 is 0 Å². The zero-order valence-corrected chi connectivity index (χ0v) is 20.0. The third kappa shape index (κ3) is 5.32. The number of nitrogens with one attached hydrogen (secondary N) is 1. The Morgan fingerprint density at radius 3 is 2.59 bits per heavy atom. The van der Waals surface area contributed by atoms with Crippen LogP contribution in [0, 0.1) is 0 Å². The fourth-order valence-electron chi connectivity index (χ4n) is 4.81. The maximum Gasteiger partial charge on any atom is 0.231 e. The van der Waals surface area contributed by atoms with Gasteiger partial charge in [0.2, 0.25) is 11.8 Å². The minimum atomic E-state index is -0.545. The van der Waals surface area contributed by atoms with Gasteiger partial charge in [0.05, 0.1) is 17.7 Å². The fourth-order valence-corrected chi connectivity index (χ4v) is 4.94. The molecule has 0 bridgehead atoms. The molecular formula is C24H31ClN6O3. The van der Waals surface area contributed by atoms with Crippen molar-refractivity contribution >= 4 is 29.2 Å². The second kappa shape index (κ2) is 10.7. The number of aliphatic hydroxyl groups is 1. The lowest BCUT2D eigenvalue weighted by Crippen LogP contribution is -2.51. The number of carbonyl (C=O) groups is 2. The molecule has 4 N–H and O–H groups in total. The molecule has 0 spiro atoms. The van der Waals surface area contributed by atoms with Crippen LogP contribution in [0.3, 0.4) is 0 Å². The van der Waals surface area contributed by atoms with Gasteiger partial charge in [-0.2, -0.15) is 0 Å². The van der Waals surface area contributed by atoms with Crippen LogP contribution in [0.5, 0.6) is 0 Å². The Morgan fingerprint density at radius 2 is 1.91 bits per heavy atom. The summed E-state index contributed by atoms with van der Waals surface area (Å²) in [5.74, 6) is 0.321. The summed E-state index contributed by atoms with van der Waals surface area (Å²) in [6, 6.07) is 7.30. The summed E-state index contributed by atoms with van der Waals surface area (Å²) in [4.78, 5) is 37.5. The van der Waals surface area contributed by atoms with Crippen LogP contribution in [0.25, 0.3) is 0 Å². The number of primary amides is 1. The van der Waals surface area contributed by atoms with Crippen molar-refractivity contribution in [3.63, 3.8) is 0 Å². The number of halogens is 1. The number of aliphatic hydroxyl groups excluding tert-OH is 1. The first-order chi connectivity index (χ1) is 16.3. The highest BCUT2D eigenvalue weighted by molar-refractivity contribution is 6.30. The maximum atomic E-state index is 13.5. The summed E-state index contributed by atoms with van der Waals surface area (Å²) < 4.78 is 0. The zero-order valence-electron chi connectivity index (χ0n) is 19.3. The quantitative estimate of drug-likeness (QED) is 0.483. The fraction of sp³-hybridized carbons (Fsp3) is 0.500. The molecule has 2 amide bonds. The molecule has 2 aliphatic rings. The van der Waals surface area contributed by atoms with Gasteiger partial charge in [0, 0.05) is 56.3 Å². The number of nitrogens with two attached hydrogens (primary N) is 1. The van der Waals surface area contributed by atoms with Crippen LogP contribution < -0.4 is 16.0 Å². The predicted octanol–water partition coefficient (Wildman–Crippen LogP) is 1.57. The van der Waals surface area contributed by atoms with Crippen molar-refractivity contribution in [1.29, 1.82) is 0 Å². The van der Waals surface area contributed by atoms with Gasteiger partial charge in [-0.15, -0.1) is 0 Å². The summed E-state index contributed by atoms with van der Waals surface area (Å²) in [6.45, 7) is 5.36. The zero-order chi connectivity index (χ0) is 24.2. The summed E-state index contributed by atoms with van der Waals surface area (Å²) in [6.07, 6.45) is 1.85.